The highest BCUT2D eigenvalue weighted by Crippen LogP contribution is 2.25. The number of rotatable bonds is 7. The average Bonchev–Trinajstić information content (AvgIpc) is 3.01. The van der Waals surface area contributed by atoms with E-state index in [1.54, 1.807) is 12.2 Å². The Bertz CT molecular complexity index is 737. The molecule has 7 heteroatoms. The Labute approximate surface area is 153 Å². The molecule has 1 fully saturated rings. The first-order valence-corrected chi connectivity index (χ1v) is 9.09. The molecule has 0 radical (unpaired) electrons. The highest BCUT2D eigenvalue weighted by molar-refractivity contribution is 6.34. The van der Waals surface area contributed by atoms with Crippen molar-refractivity contribution >= 4 is 23.1 Å². The topological polar surface area (TPSA) is 56.0 Å². The highest BCUT2D eigenvalue weighted by Gasteiger charge is 2.24. The predicted octanol–water partition coefficient (Wildman–Crippen LogP) is 3.69. The second kappa shape index (κ2) is 8.85. The maximum atomic E-state index is 12.8. The van der Waals surface area contributed by atoms with Crippen LogP contribution in [-0.4, -0.2) is 37.3 Å². The summed E-state index contributed by atoms with van der Waals surface area (Å²) >= 11 is 6.16. The summed E-state index contributed by atoms with van der Waals surface area (Å²) in [5.41, 5.74) is 0.0382. The van der Waals surface area contributed by atoms with Crippen LogP contribution in [0.4, 0.5) is 0 Å². The molecule has 1 aliphatic carbocycles. The molecular formula is C18H26ClN5O. The molecule has 1 aromatic rings. The first kappa shape index (κ1) is 19.2. The minimum atomic E-state index is -0.396. The zero-order valence-corrected chi connectivity index (χ0v) is 15.7. The molecule has 0 spiro atoms. The summed E-state index contributed by atoms with van der Waals surface area (Å²) < 4.78 is 2.42. The summed E-state index contributed by atoms with van der Waals surface area (Å²) in [5.74, 6) is 0.556. The zero-order valence-electron chi connectivity index (χ0n) is 15.0. The van der Waals surface area contributed by atoms with Crippen LogP contribution >= 0.6 is 11.6 Å². The van der Waals surface area contributed by atoms with Crippen molar-refractivity contribution in [3.63, 3.8) is 0 Å². The standard InChI is InChI=1S/C18H26ClN5O/c1-5-11-17(16(19)6-2)24-18(25)23(20-21-24)14(4)22(7-3)15-12-9-8-10-13-15/h5-6,11,15H,2,4,7-10,12-13H2,1,3H3/b11-5-,17-16-. The van der Waals surface area contributed by atoms with E-state index in [9.17, 15) is 4.79 Å². The number of allylic oxidation sites excluding steroid dienone is 5. The Morgan fingerprint density at radius 1 is 1.32 bits per heavy atom. The van der Waals surface area contributed by atoms with E-state index in [-0.39, 0.29) is 0 Å². The summed E-state index contributed by atoms with van der Waals surface area (Å²) in [6, 6.07) is 0.394. The van der Waals surface area contributed by atoms with E-state index in [2.05, 4.69) is 35.4 Å². The maximum Gasteiger partial charge on any atom is 0.374 e. The van der Waals surface area contributed by atoms with Crippen LogP contribution in [0.3, 0.4) is 0 Å². The van der Waals surface area contributed by atoms with Gasteiger partial charge in [-0.2, -0.15) is 4.68 Å². The van der Waals surface area contributed by atoms with Crippen LogP contribution in [0, 0.1) is 0 Å². The number of nitrogens with zero attached hydrogens (tertiary/aromatic N) is 5. The molecule has 0 atom stereocenters. The quantitative estimate of drug-likeness (QED) is 0.693. The van der Waals surface area contributed by atoms with Crippen LogP contribution in [0.15, 0.2) is 41.2 Å². The van der Waals surface area contributed by atoms with Gasteiger partial charge in [0.25, 0.3) is 0 Å². The minimum Gasteiger partial charge on any atom is -0.354 e. The maximum absolute atomic E-state index is 12.8. The molecule has 25 heavy (non-hydrogen) atoms. The Morgan fingerprint density at radius 3 is 2.52 bits per heavy atom. The molecule has 1 aliphatic rings. The Balaban J connectivity index is 2.37. The van der Waals surface area contributed by atoms with E-state index in [0.29, 0.717) is 22.6 Å². The van der Waals surface area contributed by atoms with Crippen molar-refractivity contribution in [2.24, 2.45) is 0 Å². The van der Waals surface area contributed by atoms with Gasteiger partial charge in [-0.15, -0.1) is 4.68 Å². The molecule has 0 unspecified atom stereocenters. The third-order valence-corrected chi connectivity index (χ3v) is 4.84. The smallest absolute Gasteiger partial charge is 0.354 e. The van der Waals surface area contributed by atoms with Crippen LogP contribution < -0.4 is 5.69 Å². The number of hydrogen-bond acceptors (Lipinski definition) is 4. The monoisotopic (exact) mass is 363 g/mol. The second-order valence-electron chi connectivity index (χ2n) is 6.02. The SMILES string of the molecule is C=C/C(Cl)=C(\C=C/C)n1nnn(C(=C)N(CC)C2CCCCC2)c1=O. The summed E-state index contributed by atoms with van der Waals surface area (Å²) in [6.45, 7) is 12.4. The highest BCUT2D eigenvalue weighted by atomic mass is 35.5. The first-order valence-electron chi connectivity index (χ1n) is 8.71. The van der Waals surface area contributed by atoms with Crippen LogP contribution in [0.2, 0.25) is 0 Å². The van der Waals surface area contributed by atoms with Gasteiger partial charge in [-0.1, -0.05) is 50.1 Å². The molecule has 0 saturated heterocycles. The van der Waals surface area contributed by atoms with Crippen LogP contribution in [0.5, 0.6) is 0 Å². The molecule has 0 aliphatic heterocycles. The van der Waals surface area contributed by atoms with E-state index in [4.69, 9.17) is 11.6 Å². The van der Waals surface area contributed by atoms with E-state index in [1.165, 1.54) is 34.7 Å². The summed E-state index contributed by atoms with van der Waals surface area (Å²) in [4.78, 5) is 14.9. The van der Waals surface area contributed by atoms with Crippen molar-refractivity contribution in [3.8, 4) is 0 Å². The van der Waals surface area contributed by atoms with Gasteiger partial charge >= 0.3 is 5.69 Å². The minimum absolute atomic E-state index is 0.331. The molecule has 1 saturated carbocycles. The molecule has 0 N–H and O–H groups in total. The van der Waals surface area contributed by atoms with Gasteiger partial charge in [0.2, 0.25) is 0 Å². The van der Waals surface area contributed by atoms with E-state index in [1.807, 2.05) is 6.92 Å². The number of tetrazole rings is 1. The van der Waals surface area contributed by atoms with Crippen LogP contribution in [0.25, 0.3) is 11.5 Å². The van der Waals surface area contributed by atoms with E-state index in [0.717, 1.165) is 19.4 Å². The van der Waals surface area contributed by atoms with Crippen molar-refractivity contribution in [1.29, 1.82) is 0 Å². The van der Waals surface area contributed by atoms with Gasteiger partial charge in [-0.3, -0.25) is 0 Å². The zero-order chi connectivity index (χ0) is 18.4. The van der Waals surface area contributed by atoms with Gasteiger partial charge < -0.3 is 4.90 Å². The van der Waals surface area contributed by atoms with Crippen molar-refractivity contribution in [2.75, 3.05) is 6.54 Å². The summed E-state index contributed by atoms with van der Waals surface area (Å²) in [7, 11) is 0. The largest absolute Gasteiger partial charge is 0.374 e. The Kier molecular flexibility index (Phi) is 6.82. The van der Waals surface area contributed by atoms with Gasteiger partial charge in [-0.05, 0) is 49.3 Å². The second-order valence-corrected chi connectivity index (χ2v) is 6.42. The van der Waals surface area contributed by atoms with Crippen LogP contribution in [-0.2, 0) is 0 Å². The van der Waals surface area contributed by atoms with Gasteiger partial charge in [0.05, 0.1) is 10.7 Å². The molecule has 6 nitrogen and oxygen atoms in total. The fourth-order valence-corrected chi connectivity index (χ4v) is 3.38. The van der Waals surface area contributed by atoms with E-state index >= 15 is 0 Å². The lowest BCUT2D eigenvalue weighted by Gasteiger charge is -2.35. The van der Waals surface area contributed by atoms with E-state index < -0.39 is 5.69 Å². The van der Waals surface area contributed by atoms with Crippen molar-refractivity contribution in [2.45, 2.75) is 52.0 Å². The number of halogens is 1. The number of hydrogen-bond donors (Lipinski definition) is 0. The van der Waals surface area contributed by atoms with Gasteiger partial charge in [0.15, 0.2) is 0 Å². The molecular weight excluding hydrogens is 338 g/mol. The lowest BCUT2D eigenvalue weighted by atomic mass is 9.94. The Morgan fingerprint density at radius 2 is 1.96 bits per heavy atom. The van der Waals surface area contributed by atoms with Gasteiger partial charge in [0.1, 0.15) is 5.82 Å². The first-order chi connectivity index (χ1) is 12.0. The summed E-state index contributed by atoms with van der Waals surface area (Å²) in [5, 5.41) is 8.32. The molecule has 136 valence electrons. The fourth-order valence-electron chi connectivity index (χ4n) is 3.24. The van der Waals surface area contributed by atoms with Crippen LogP contribution in [0.1, 0.15) is 46.0 Å². The molecule has 1 aromatic heterocycles. The van der Waals surface area contributed by atoms with Gasteiger partial charge in [0, 0.05) is 12.6 Å². The third kappa shape index (κ3) is 4.12. The normalized spacial score (nSPS) is 16.8. The molecule has 1 heterocycles. The lowest BCUT2D eigenvalue weighted by Crippen LogP contribution is -2.39. The summed E-state index contributed by atoms with van der Waals surface area (Å²) in [6.07, 6.45) is 10.9. The average molecular weight is 364 g/mol. The van der Waals surface area contributed by atoms with Crippen molar-refractivity contribution in [3.05, 3.63) is 46.9 Å². The molecule has 0 aromatic carbocycles. The van der Waals surface area contributed by atoms with Gasteiger partial charge in [-0.25, -0.2) is 4.79 Å². The van der Waals surface area contributed by atoms with Crippen molar-refractivity contribution < 1.29 is 0 Å². The number of aromatic nitrogens is 4. The molecule has 2 rings (SSSR count). The Hall–Kier alpha value is -2.08. The fraction of sp³-hybridized carbons (Fsp3) is 0.500. The third-order valence-electron chi connectivity index (χ3n) is 4.49. The lowest BCUT2D eigenvalue weighted by molar-refractivity contribution is 0.228. The molecule has 0 bridgehead atoms. The van der Waals surface area contributed by atoms with Crippen molar-refractivity contribution in [1.82, 2.24) is 24.7 Å². The predicted molar refractivity (Wildman–Crippen MR) is 103 cm³/mol. The molecule has 0 amide bonds.